The first kappa shape index (κ1) is 28.3. The van der Waals surface area contributed by atoms with Crippen molar-refractivity contribution in [2.45, 2.75) is 32.0 Å². The normalized spacial score (nSPS) is 13.9. The van der Waals surface area contributed by atoms with Crippen molar-refractivity contribution in [2.24, 2.45) is 15.9 Å². The molecule has 0 bridgehead atoms. The molecule has 4 aromatic rings. The number of nitriles is 1. The van der Waals surface area contributed by atoms with Crippen LogP contribution in [0.25, 0.3) is 10.9 Å². The molecule has 12 heteroatoms. The van der Waals surface area contributed by atoms with E-state index in [0.717, 1.165) is 12.1 Å². The number of ether oxygens (including phenoxy) is 1. The van der Waals surface area contributed by atoms with Crippen LogP contribution in [0, 0.1) is 25.2 Å². The highest BCUT2D eigenvalue weighted by Gasteiger charge is 2.42. The molecular weight excluding hydrogens is 525 g/mol. The van der Waals surface area contributed by atoms with Crippen LogP contribution >= 0.6 is 0 Å². The van der Waals surface area contributed by atoms with Gasteiger partial charge in [-0.3, -0.25) is 4.99 Å². The summed E-state index contributed by atoms with van der Waals surface area (Å²) in [6, 6.07) is 11.7. The van der Waals surface area contributed by atoms with Gasteiger partial charge in [-0.05, 0) is 49.2 Å². The number of aliphatic imine (C=N–C) groups is 1. The summed E-state index contributed by atoms with van der Waals surface area (Å²) in [6.45, 7) is 3.31. The van der Waals surface area contributed by atoms with Crippen LogP contribution in [0.4, 0.5) is 13.2 Å². The maximum Gasteiger partial charge on any atom is 0.416 e. The summed E-state index contributed by atoms with van der Waals surface area (Å²) in [5.41, 5.74) is -0.0784. The minimum absolute atomic E-state index is 0.0764. The van der Waals surface area contributed by atoms with Gasteiger partial charge < -0.3 is 20.2 Å². The zero-order chi connectivity index (χ0) is 29.2. The van der Waals surface area contributed by atoms with Crippen molar-refractivity contribution in [3.8, 4) is 11.9 Å². The van der Waals surface area contributed by atoms with Crippen molar-refractivity contribution < 1.29 is 27.5 Å². The lowest BCUT2D eigenvalue weighted by molar-refractivity contribution is -0.137. The second-order valence-corrected chi connectivity index (χ2v) is 8.99. The monoisotopic (exact) mass is 550 g/mol. The predicted octanol–water partition coefficient (Wildman–Crippen LogP) is 4.58. The maximum atomic E-state index is 13.0. The Labute approximate surface area is 227 Å². The van der Waals surface area contributed by atoms with E-state index in [2.05, 4.69) is 26.3 Å². The Kier molecular flexibility index (Phi) is 7.61. The number of methoxy groups -OCH3 is 1. The number of aromatic nitrogens is 2. The van der Waals surface area contributed by atoms with Gasteiger partial charge >= 0.3 is 6.18 Å². The Morgan fingerprint density at radius 1 is 1.18 bits per heavy atom. The number of halogens is 3. The second kappa shape index (κ2) is 10.8. The van der Waals surface area contributed by atoms with Crippen LogP contribution in [0.15, 0.2) is 57.1 Å². The second-order valence-electron chi connectivity index (χ2n) is 8.99. The molecule has 0 aliphatic heterocycles. The fourth-order valence-corrected chi connectivity index (χ4v) is 4.78. The fraction of sp³-hybridized carbons (Fsp3) is 0.250. The Morgan fingerprint density at radius 3 is 2.38 bits per heavy atom. The molecule has 40 heavy (non-hydrogen) atoms. The first-order valence-corrected chi connectivity index (χ1v) is 11.9. The highest BCUT2D eigenvalue weighted by Crippen LogP contribution is 2.39. The van der Waals surface area contributed by atoms with Gasteiger partial charge in [-0.25, -0.2) is 4.98 Å². The summed E-state index contributed by atoms with van der Waals surface area (Å²) >= 11 is 0. The van der Waals surface area contributed by atoms with E-state index in [0.29, 0.717) is 44.6 Å². The van der Waals surface area contributed by atoms with Gasteiger partial charge in [0, 0.05) is 24.4 Å². The van der Waals surface area contributed by atoms with Gasteiger partial charge in [-0.15, -0.1) is 0 Å². The minimum atomic E-state index is -4.47. The maximum absolute atomic E-state index is 13.0. The molecule has 2 aromatic carbocycles. The lowest BCUT2D eigenvalue weighted by Gasteiger charge is -2.29. The molecule has 3 N–H and O–H groups in total. The van der Waals surface area contributed by atoms with E-state index in [1.807, 2.05) is 0 Å². The first-order chi connectivity index (χ1) is 19.0. The number of hydrogen-bond acceptors (Lipinski definition) is 9. The molecule has 0 saturated carbocycles. The summed E-state index contributed by atoms with van der Waals surface area (Å²) in [6.07, 6.45) is -3.18. The number of benzene rings is 2. The largest absolute Gasteiger partial charge is 0.481 e. The Morgan fingerprint density at radius 2 is 1.85 bits per heavy atom. The van der Waals surface area contributed by atoms with Crippen molar-refractivity contribution >= 4 is 22.8 Å². The van der Waals surface area contributed by atoms with Crippen molar-refractivity contribution in [3.05, 3.63) is 87.3 Å². The lowest BCUT2D eigenvalue weighted by Crippen LogP contribution is -2.39. The molecule has 4 rings (SSSR count). The third kappa shape index (κ3) is 4.87. The van der Waals surface area contributed by atoms with Crippen LogP contribution in [0.1, 0.15) is 44.8 Å². The van der Waals surface area contributed by atoms with Crippen LogP contribution in [0.5, 0.6) is 5.88 Å². The fourth-order valence-electron chi connectivity index (χ4n) is 4.78. The molecule has 1 unspecified atom stereocenters. The van der Waals surface area contributed by atoms with Gasteiger partial charge in [0.2, 0.25) is 5.88 Å². The average Bonchev–Trinajstić information content (AvgIpc) is 3.28. The topological polar surface area (TPSA) is 143 Å². The SMILES string of the molecule is CN=C(C=NN)C(O)(c1ccc2nc(OC)c(Cc3ccc(C(F)(F)F)cc3)c(C#N)c2c1)c1c(C)noc1C. The van der Waals surface area contributed by atoms with Crippen molar-refractivity contribution in [2.75, 3.05) is 14.2 Å². The number of hydrogen-bond donors (Lipinski definition) is 2. The molecule has 1 atom stereocenters. The van der Waals surface area contributed by atoms with Gasteiger partial charge in [0.25, 0.3) is 0 Å². The molecule has 0 saturated heterocycles. The highest BCUT2D eigenvalue weighted by atomic mass is 19.4. The number of pyridine rings is 1. The molecule has 2 aromatic heterocycles. The summed E-state index contributed by atoms with van der Waals surface area (Å²) in [4.78, 5) is 8.73. The van der Waals surface area contributed by atoms with E-state index < -0.39 is 17.3 Å². The third-order valence-electron chi connectivity index (χ3n) is 6.64. The van der Waals surface area contributed by atoms with Gasteiger partial charge in [0.15, 0.2) is 5.60 Å². The Balaban J connectivity index is 1.95. The van der Waals surface area contributed by atoms with Gasteiger partial charge in [0.1, 0.15) is 11.8 Å². The number of rotatable bonds is 7. The van der Waals surface area contributed by atoms with E-state index in [-0.39, 0.29) is 23.6 Å². The number of aryl methyl sites for hydroxylation is 2. The number of fused-ring (bicyclic) bond motifs is 1. The number of alkyl halides is 3. The molecule has 9 nitrogen and oxygen atoms in total. The molecule has 0 radical (unpaired) electrons. The predicted molar refractivity (Wildman–Crippen MR) is 142 cm³/mol. The van der Waals surface area contributed by atoms with E-state index in [1.165, 1.54) is 32.5 Å². The Bertz CT molecular complexity index is 1650. The highest BCUT2D eigenvalue weighted by molar-refractivity contribution is 6.35. The minimum Gasteiger partial charge on any atom is -0.481 e. The van der Waals surface area contributed by atoms with Crippen LogP contribution in [-0.4, -0.2) is 41.3 Å². The van der Waals surface area contributed by atoms with Gasteiger partial charge in [-0.2, -0.15) is 23.5 Å². The van der Waals surface area contributed by atoms with E-state index in [4.69, 9.17) is 15.1 Å². The van der Waals surface area contributed by atoms with Crippen LogP contribution < -0.4 is 10.6 Å². The van der Waals surface area contributed by atoms with Crippen LogP contribution in [-0.2, 0) is 18.2 Å². The Hall–Kier alpha value is -4.76. The summed E-state index contributed by atoms with van der Waals surface area (Å²) < 4.78 is 49.9. The van der Waals surface area contributed by atoms with Crippen molar-refractivity contribution in [1.29, 1.82) is 5.26 Å². The van der Waals surface area contributed by atoms with Crippen molar-refractivity contribution in [1.82, 2.24) is 10.1 Å². The molecule has 2 heterocycles. The van der Waals surface area contributed by atoms with E-state index >= 15 is 0 Å². The lowest BCUT2D eigenvalue weighted by atomic mass is 9.80. The standard InChI is InChI=1S/C28H25F3N6O3/c1-15-25(16(2)40-37-15)27(38,24(34-3)14-35-33)19-9-10-23-20(12-19)22(13-32)21(26(36-23)39-4)11-17-5-7-18(8-6-17)28(29,30)31/h5-10,12,14,38H,11,33H2,1-4H3. The number of hydrazone groups is 1. The molecule has 0 fully saturated rings. The van der Waals surface area contributed by atoms with E-state index in [9.17, 15) is 23.5 Å². The molecular formula is C28H25F3N6O3. The molecule has 0 amide bonds. The third-order valence-corrected chi connectivity index (χ3v) is 6.64. The summed E-state index contributed by atoms with van der Waals surface area (Å²) in [5.74, 6) is 5.91. The summed E-state index contributed by atoms with van der Waals surface area (Å²) in [7, 11) is 2.86. The molecule has 206 valence electrons. The van der Waals surface area contributed by atoms with Gasteiger partial charge in [0.05, 0.1) is 46.9 Å². The van der Waals surface area contributed by atoms with Crippen LogP contribution in [0.2, 0.25) is 0 Å². The zero-order valence-corrected chi connectivity index (χ0v) is 22.0. The van der Waals surface area contributed by atoms with Crippen LogP contribution in [0.3, 0.4) is 0 Å². The quantitative estimate of drug-likeness (QED) is 0.195. The first-order valence-electron chi connectivity index (χ1n) is 11.9. The zero-order valence-electron chi connectivity index (χ0n) is 22.0. The van der Waals surface area contributed by atoms with E-state index in [1.54, 1.807) is 32.0 Å². The number of nitrogens with zero attached hydrogens (tertiary/aromatic N) is 5. The van der Waals surface area contributed by atoms with Crippen molar-refractivity contribution in [3.63, 3.8) is 0 Å². The smallest absolute Gasteiger partial charge is 0.416 e. The van der Waals surface area contributed by atoms with Gasteiger partial charge in [-0.1, -0.05) is 23.4 Å². The number of nitrogens with two attached hydrogens (primary N) is 1. The summed E-state index contributed by atoms with van der Waals surface area (Å²) in [5, 5.41) is 30.4. The molecule has 0 spiro atoms. The molecule has 0 aliphatic carbocycles. The average molecular weight is 551 g/mol. The number of aliphatic hydroxyl groups is 1. The molecule has 0 aliphatic rings.